The van der Waals surface area contributed by atoms with E-state index in [1.54, 1.807) is 0 Å². The van der Waals surface area contributed by atoms with Crippen molar-refractivity contribution >= 4 is 5.94 Å². The van der Waals surface area contributed by atoms with Gasteiger partial charge in [-0.25, -0.2) is 4.79 Å². The maximum atomic E-state index is 8.57. The number of rotatable bonds is 0. The summed E-state index contributed by atoms with van der Waals surface area (Å²) in [5, 5.41) is 0. The van der Waals surface area contributed by atoms with Gasteiger partial charge in [0.15, 0.2) is 0 Å². The zero-order valence-corrected chi connectivity index (χ0v) is 2.77. The van der Waals surface area contributed by atoms with Crippen molar-refractivity contribution in [3.05, 3.63) is 6.58 Å². The molecular weight excluding hydrogens is 64.0 g/mol. The third-order valence-electron chi connectivity index (χ3n) is 0. The average molecular weight is 68.1 g/mol. The summed E-state index contributed by atoms with van der Waals surface area (Å²) in [6.45, 7) is 2.68. The smallest absolute Gasteiger partial charge is 0.116 e. The van der Waals surface area contributed by atoms with Crippen molar-refractivity contribution in [2.75, 3.05) is 0 Å². The number of carbonyl (C=O) groups excluding carboxylic acids is 1. The quantitative estimate of drug-likeness (QED) is 0.294. The Bertz CT molecular complexity index is 45.9. The number of hydrogen-bond acceptors (Lipinski definition) is 1. The lowest BCUT2D eigenvalue weighted by molar-refractivity contribution is 0.569. The molecule has 0 bridgehead atoms. The van der Waals surface area contributed by atoms with Crippen molar-refractivity contribution < 1.29 is 4.79 Å². The third-order valence-corrected chi connectivity index (χ3v) is 0. The molecule has 1 heteroatoms. The van der Waals surface area contributed by atoms with Gasteiger partial charge in [-0.3, -0.25) is 0 Å². The molecule has 0 aromatic carbocycles. The molecule has 0 rings (SSSR count). The van der Waals surface area contributed by atoms with Crippen LogP contribution in [0.25, 0.3) is 0 Å². The van der Waals surface area contributed by atoms with Crippen LogP contribution >= 0.6 is 0 Å². The molecule has 0 aromatic rings. The largest absolute Gasteiger partial charge is 0.234 e. The molecule has 0 unspecified atom stereocenters. The van der Waals surface area contributed by atoms with E-state index in [9.17, 15) is 0 Å². The van der Waals surface area contributed by atoms with Crippen LogP contribution in [-0.4, -0.2) is 5.94 Å². The van der Waals surface area contributed by atoms with Gasteiger partial charge in [0.1, 0.15) is 5.94 Å². The van der Waals surface area contributed by atoms with Gasteiger partial charge in [-0.2, -0.15) is 0 Å². The Labute approximate surface area is 31.3 Å². The van der Waals surface area contributed by atoms with Crippen molar-refractivity contribution in [2.24, 2.45) is 0 Å². The average Bonchev–Trinajstić information content (AvgIpc) is 1.46. The first-order valence-corrected chi connectivity index (χ1v) is 0.891. The first-order chi connectivity index (χ1) is 2.41. The Morgan fingerprint density at radius 1 is 1.60 bits per heavy atom. The molecule has 0 aliphatic rings. The van der Waals surface area contributed by atoms with Crippen LogP contribution in [0.3, 0.4) is 0 Å². The maximum Gasteiger partial charge on any atom is 0.116 e. The zero-order valence-electron chi connectivity index (χ0n) is 2.77. The summed E-state index contributed by atoms with van der Waals surface area (Å²) in [4.78, 5) is 8.57. The molecule has 1 nitrogen and oxygen atoms in total. The first-order valence-electron chi connectivity index (χ1n) is 0.891. The summed E-state index contributed by atoms with van der Waals surface area (Å²) in [5.74, 6) is 1.25. The van der Waals surface area contributed by atoms with Crippen LogP contribution in [-0.2, 0) is 4.79 Å². The summed E-state index contributed by atoms with van der Waals surface area (Å²) < 4.78 is 0. The van der Waals surface area contributed by atoms with E-state index in [0.717, 1.165) is 0 Å². The first kappa shape index (κ1) is 8.99. The van der Waals surface area contributed by atoms with Crippen molar-refractivity contribution in [1.29, 1.82) is 0 Å². The van der Waals surface area contributed by atoms with Gasteiger partial charge in [-0.05, 0) is 6.58 Å². The minimum absolute atomic E-state index is 1.25. The molecule has 0 amide bonds. The van der Waals surface area contributed by atoms with Crippen molar-refractivity contribution in [3.63, 3.8) is 0 Å². The molecule has 0 spiro atoms. The van der Waals surface area contributed by atoms with Gasteiger partial charge in [-0.15, -0.1) is 12.8 Å². The lowest BCUT2D eigenvalue weighted by Gasteiger charge is -1.02. The van der Waals surface area contributed by atoms with Crippen LogP contribution < -0.4 is 0 Å². The highest BCUT2D eigenvalue weighted by Crippen LogP contribution is 0.894. The molecule has 0 N–H and O–H groups in total. The fraction of sp³-hybridized carbons (Fsp3) is 0. The van der Waals surface area contributed by atoms with Gasteiger partial charge < -0.3 is 0 Å². The Morgan fingerprint density at radius 2 is 1.60 bits per heavy atom. The van der Waals surface area contributed by atoms with Crippen LogP contribution in [0, 0.1) is 12.8 Å². The lowest BCUT2D eigenvalue weighted by Crippen LogP contribution is -1.15. The monoisotopic (exact) mass is 68.0 g/mol. The number of terminal acetylenes is 1. The van der Waals surface area contributed by atoms with Crippen molar-refractivity contribution in [3.8, 4) is 12.8 Å². The van der Waals surface area contributed by atoms with Crippen LogP contribution in [0.4, 0.5) is 0 Å². The summed E-state index contributed by atoms with van der Waals surface area (Å²) >= 11 is 0. The van der Waals surface area contributed by atoms with E-state index in [4.69, 9.17) is 4.79 Å². The molecule has 0 heterocycles. The second-order valence-electron chi connectivity index (χ2n) is 0.144. The molecule has 0 saturated heterocycles. The highest BCUT2D eigenvalue weighted by molar-refractivity contribution is 5.38. The summed E-state index contributed by atoms with van der Waals surface area (Å²) in [5.41, 5.74) is 0. The van der Waals surface area contributed by atoms with E-state index in [0.29, 0.717) is 0 Å². The second-order valence-corrected chi connectivity index (χ2v) is 0.144. The van der Waals surface area contributed by atoms with E-state index in [2.05, 4.69) is 19.4 Å². The van der Waals surface area contributed by atoms with E-state index in [1.807, 2.05) is 0 Å². The minimum atomic E-state index is 1.25. The Kier molecular flexibility index (Phi) is 219000. The molecule has 0 aliphatic carbocycles. The van der Waals surface area contributed by atoms with E-state index >= 15 is 0 Å². The van der Waals surface area contributed by atoms with Crippen LogP contribution in [0.1, 0.15) is 0 Å². The molecule has 0 aliphatic heterocycles. The van der Waals surface area contributed by atoms with Gasteiger partial charge in [0.2, 0.25) is 0 Å². The van der Waals surface area contributed by atoms with Crippen molar-refractivity contribution in [2.45, 2.75) is 0 Å². The highest BCUT2D eigenvalue weighted by atomic mass is 16.1. The Hall–Kier alpha value is -0.990. The molecular formula is C4H4O. The molecule has 5 heavy (non-hydrogen) atoms. The van der Waals surface area contributed by atoms with Crippen LogP contribution in [0.15, 0.2) is 6.58 Å². The van der Waals surface area contributed by atoms with Crippen LogP contribution in [0.2, 0.25) is 0 Å². The molecule has 0 radical (unpaired) electrons. The van der Waals surface area contributed by atoms with Gasteiger partial charge in [0.25, 0.3) is 0 Å². The normalized spacial score (nSPS) is 2.00. The molecule has 0 fully saturated rings. The SMILES string of the molecule is C#C.C=C=O. The van der Waals surface area contributed by atoms with E-state index < -0.39 is 0 Å². The summed E-state index contributed by atoms with van der Waals surface area (Å²) in [6.07, 6.45) is 8.00. The molecule has 0 saturated carbocycles. The molecule has 0 atom stereocenters. The Balaban J connectivity index is 0. The number of hydrogen-bond donors (Lipinski definition) is 0. The minimum Gasteiger partial charge on any atom is -0.234 e. The third kappa shape index (κ3) is 3.13. The fourth-order valence-corrected chi connectivity index (χ4v) is 0. The second kappa shape index (κ2) is 122000. The van der Waals surface area contributed by atoms with E-state index in [1.165, 1.54) is 5.94 Å². The molecule has 0 aromatic heterocycles. The maximum absolute atomic E-state index is 8.57. The molecule has 26 valence electrons. The van der Waals surface area contributed by atoms with Crippen LogP contribution in [0.5, 0.6) is 0 Å². The topological polar surface area (TPSA) is 17.1 Å². The highest BCUT2D eigenvalue weighted by Gasteiger charge is 1.01. The predicted octanol–water partition coefficient (Wildman–Crippen LogP) is 0.253. The predicted molar refractivity (Wildman–Crippen MR) is 21.2 cm³/mol. The lowest BCUT2D eigenvalue weighted by atomic mass is 11.2. The standard InChI is InChI=1S/C2H2O.C2H2/c1-2-3;1-2/h1H2;1-2H. The van der Waals surface area contributed by atoms with Gasteiger partial charge in [0, 0.05) is 0 Å². The fourth-order valence-electron chi connectivity index (χ4n) is 0. The summed E-state index contributed by atoms with van der Waals surface area (Å²) in [6, 6.07) is 0. The van der Waals surface area contributed by atoms with Crippen molar-refractivity contribution in [1.82, 2.24) is 0 Å². The van der Waals surface area contributed by atoms with Gasteiger partial charge in [0.05, 0.1) is 0 Å². The van der Waals surface area contributed by atoms with E-state index in [-0.39, 0.29) is 0 Å². The summed E-state index contributed by atoms with van der Waals surface area (Å²) in [7, 11) is 0. The van der Waals surface area contributed by atoms with Gasteiger partial charge in [-0.1, -0.05) is 0 Å². The Morgan fingerprint density at radius 3 is 1.60 bits per heavy atom. The zero-order chi connectivity index (χ0) is 4.71. The van der Waals surface area contributed by atoms with Gasteiger partial charge >= 0.3 is 0 Å².